The summed E-state index contributed by atoms with van der Waals surface area (Å²) in [5.74, 6) is 1.71. The molecule has 1 aliphatic heterocycles. The van der Waals surface area contributed by atoms with Crippen LogP contribution >= 0.6 is 0 Å². The van der Waals surface area contributed by atoms with E-state index in [9.17, 15) is 0 Å². The number of hydrogen-bond acceptors (Lipinski definition) is 3. The number of oxime groups is 1. The van der Waals surface area contributed by atoms with Crippen LogP contribution in [0.2, 0.25) is 0 Å². The summed E-state index contributed by atoms with van der Waals surface area (Å²) in [5, 5.41) is 4.06. The molecule has 0 amide bonds. The summed E-state index contributed by atoms with van der Waals surface area (Å²) >= 11 is 0. The van der Waals surface area contributed by atoms with Gasteiger partial charge in [-0.2, -0.15) is 0 Å². The topological polar surface area (TPSA) is 24.8 Å². The Balaban J connectivity index is 1.93. The average Bonchev–Trinajstić information content (AvgIpc) is 2.61. The first-order valence-electron chi connectivity index (χ1n) is 5.14. The lowest BCUT2D eigenvalue weighted by molar-refractivity contribution is 0.211. The van der Waals surface area contributed by atoms with Gasteiger partial charge in [-0.15, -0.1) is 0 Å². The van der Waals surface area contributed by atoms with Crippen LogP contribution in [-0.4, -0.2) is 37.4 Å². The zero-order valence-electron chi connectivity index (χ0n) is 8.49. The maximum atomic E-state index is 4.82. The lowest BCUT2D eigenvalue weighted by Crippen LogP contribution is -2.21. The SMILES string of the molecule is CCN1CC2CC(=NOC)CC2C1. The molecule has 0 aromatic rings. The average molecular weight is 182 g/mol. The van der Waals surface area contributed by atoms with Crippen LogP contribution in [0.25, 0.3) is 0 Å². The van der Waals surface area contributed by atoms with E-state index < -0.39 is 0 Å². The van der Waals surface area contributed by atoms with Crippen molar-refractivity contribution in [3.63, 3.8) is 0 Å². The molecule has 2 unspecified atom stereocenters. The minimum atomic E-state index is 0.855. The molecule has 2 fully saturated rings. The molecule has 1 heterocycles. The highest BCUT2D eigenvalue weighted by Crippen LogP contribution is 2.36. The Labute approximate surface area is 79.7 Å². The Kier molecular flexibility index (Phi) is 2.54. The predicted molar refractivity (Wildman–Crippen MR) is 52.8 cm³/mol. The van der Waals surface area contributed by atoms with Crippen LogP contribution in [0, 0.1) is 11.8 Å². The number of fused-ring (bicyclic) bond motifs is 1. The maximum Gasteiger partial charge on any atom is 0.106 e. The summed E-state index contributed by atoms with van der Waals surface area (Å²) in [5.41, 5.74) is 1.27. The predicted octanol–water partition coefficient (Wildman–Crippen LogP) is 1.35. The molecule has 0 aromatic carbocycles. The van der Waals surface area contributed by atoms with E-state index in [-0.39, 0.29) is 0 Å². The molecule has 13 heavy (non-hydrogen) atoms. The zero-order chi connectivity index (χ0) is 9.26. The second kappa shape index (κ2) is 3.66. The van der Waals surface area contributed by atoms with E-state index in [1.807, 2.05) is 0 Å². The third-order valence-electron chi connectivity index (χ3n) is 3.32. The van der Waals surface area contributed by atoms with E-state index in [4.69, 9.17) is 4.84 Å². The standard InChI is InChI=1S/C10H18N2O/c1-3-12-6-8-4-10(11-13-2)5-9(8)7-12/h8-9H,3-7H2,1-2H3. The fourth-order valence-electron chi connectivity index (χ4n) is 2.65. The molecule has 0 radical (unpaired) electrons. The van der Waals surface area contributed by atoms with Gasteiger partial charge in [0.1, 0.15) is 7.11 Å². The molecule has 1 aliphatic carbocycles. The first-order chi connectivity index (χ1) is 6.33. The van der Waals surface area contributed by atoms with Crippen molar-refractivity contribution in [2.75, 3.05) is 26.7 Å². The first kappa shape index (κ1) is 9.00. The van der Waals surface area contributed by atoms with Gasteiger partial charge in [-0.25, -0.2) is 0 Å². The summed E-state index contributed by atoms with van der Waals surface area (Å²) in [7, 11) is 1.64. The van der Waals surface area contributed by atoms with Gasteiger partial charge in [-0.3, -0.25) is 0 Å². The molecule has 3 heteroatoms. The minimum absolute atomic E-state index is 0.855. The minimum Gasteiger partial charge on any atom is -0.399 e. The first-order valence-corrected chi connectivity index (χ1v) is 5.14. The van der Waals surface area contributed by atoms with Gasteiger partial charge < -0.3 is 9.74 Å². The third-order valence-corrected chi connectivity index (χ3v) is 3.32. The highest BCUT2D eigenvalue weighted by molar-refractivity contribution is 5.86. The van der Waals surface area contributed by atoms with E-state index in [2.05, 4.69) is 17.0 Å². The molecule has 3 nitrogen and oxygen atoms in total. The Morgan fingerprint density at radius 2 is 2.00 bits per heavy atom. The van der Waals surface area contributed by atoms with Crippen molar-refractivity contribution in [1.29, 1.82) is 0 Å². The summed E-state index contributed by atoms with van der Waals surface area (Å²) in [6.45, 7) is 5.97. The highest BCUT2D eigenvalue weighted by Gasteiger charge is 2.38. The van der Waals surface area contributed by atoms with Gasteiger partial charge in [-0.1, -0.05) is 12.1 Å². The van der Waals surface area contributed by atoms with Crippen molar-refractivity contribution in [1.82, 2.24) is 4.90 Å². The number of nitrogens with zero attached hydrogens (tertiary/aromatic N) is 2. The fourth-order valence-corrected chi connectivity index (χ4v) is 2.65. The van der Waals surface area contributed by atoms with E-state index in [0.29, 0.717) is 0 Å². The van der Waals surface area contributed by atoms with Crippen LogP contribution in [0.4, 0.5) is 0 Å². The molecule has 2 aliphatic rings. The summed E-state index contributed by atoms with van der Waals surface area (Å²) in [6, 6.07) is 0. The summed E-state index contributed by atoms with van der Waals surface area (Å²) in [4.78, 5) is 7.36. The van der Waals surface area contributed by atoms with Crippen molar-refractivity contribution in [2.45, 2.75) is 19.8 Å². The van der Waals surface area contributed by atoms with Gasteiger partial charge in [0.15, 0.2) is 0 Å². The Morgan fingerprint density at radius 3 is 2.46 bits per heavy atom. The van der Waals surface area contributed by atoms with Crippen molar-refractivity contribution >= 4 is 5.71 Å². The van der Waals surface area contributed by atoms with Gasteiger partial charge in [0.05, 0.1) is 5.71 Å². The van der Waals surface area contributed by atoms with Crippen LogP contribution in [0.1, 0.15) is 19.8 Å². The molecule has 2 atom stereocenters. The Morgan fingerprint density at radius 1 is 1.38 bits per heavy atom. The van der Waals surface area contributed by atoms with Crippen LogP contribution < -0.4 is 0 Å². The van der Waals surface area contributed by atoms with Crippen LogP contribution in [0.3, 0.4) is 0 Å². The Hall–Kier alpha value is -0.570. The lowest BCUT2D eigenvalue weighted by Gasteiger charge is -2.12. The van der Waals surface area contributed by atoms with E-state index in [0.717, 1.165) is 24.7 Å². The van der Waals surface area contributed by atoms with E-state index in [1.54, 1.807) is 7.11 Å². The molecule has 2 rings (SSSR count). The van der Waals surface area contributed by atoms with Gasteiger partial charge in [0.25, 0.3) is 0 Å². The number of rotatable bonds is 2. The third kappa shape index (κ3) is 1.70. The molecule has 74 valence electrons. The van der Waals surface area contributed by atoms with Gasteiger partial charge >= 0.3 is 0 Å². The summed E-state index contributed by atoms with van der Waals surface area (Å²) in [6.07, 6.45) is 2.32. The van der Waals surface area contributed by atoms with Gasteiger partial charge in [-0.05, 0) is 31.2 Å². The second-order valence-electron chi connectivity index (χ2n) is 4.12. The quantitative estimate of drug-likeness (QED) is 0.602. The maximum absolute atomic E-state index is 4.82. The zero-order valence-corrected chi connectivity index (χ0v) is 8.49. The molecule has 1 saturated heterocycles. The largest absolute Gasteiger partial charge is 0.399 e. The van der Waals surface area contributed by atoms with Crippen LogP contribution in [0.15, 0.2) is 5.16 Å². The normalized spacial score (nSPS) is 33.5. The molecule has 0 N–H and O–H groups in total. The van der Waals surface area contributed by atoms with Crippen LogP contribution in [-0.2, 0) is 4.84 Å². The van der Waals surface area contributed by atoms with Crippen molar-refractivity contribution in [3.8, 4) is 0 Å². The molecule has 0 spiro atoms. The highest BCUT2D eigenvalue weighted by atomic mass is 16.6. The van der Waals surface area contributed by atoms with Crippen molar-refractivity contribution in [2.24, 2.45) is 17.0 Å². The number of hydrogen-bond donors (Lipinski definition) is 0. The molecule has 0 aromatic heterocycles. The van der Waals surface area contributed by atoms with Gasteiger partial charge in [0, 0.05) is 13.1 Å². The Bertz CT molecular complexity index is 199. The summed E-state index contributed by atoms with van der Waals surface area (Å²) < 4.78 is 0. The van der Waals surface area contributed by atoms with Gasteiger partial charge in [0.2, 0.25) is 0 Å². The molecular formula is C10H18N2O. The second-order valence-corrected chi connectivity index (χ2v) is 4.12. The van der Waals surface area contributed by atoms with E-state index >= 15 is 0 Å². The monoisotopic (exact) mass is 182 g/mol. The van der Waals surface area contributed by atoms with Crippen LogP contribution in [0.5, 0.6) is 0 Å². The molecule has 1 saturated carbocycles. The van der Waals surface area contributed by atoms with Crippen molar-refractivity contribution in [3.05, 3.63) is 0 Å². The lowest BCUT2D eigenvalue weighted by atomic mass is 10.0. The van der Waals surface area contributed by atoms with E-state index in [1.165, 1.54) is 25.3 Å². The van der Waals surface area contributed by atoms with Crippen molar-refractivity contribution < 1.29 is 4.84 Å². The molecular weight excluding hydrogens is 164 g/mol. The smallest absolute Gasteiger partial charge is 0.106 e. The molecule has 0 bridgehead atoms. The fraction of sp³-hybridized carbons (Fsp3) is 0.900. The number of likely N-dealkylation sites (tertiary alicyclic amines) is 1.